The van der Waals surface area contributed by atoms with Crippen LogP contribution in [0.25, 0.3) is 22.3 Å². The first kappa shape index (κ1) is 19.3. The Morgan fingerprint density at radius 2 is 1.79 bits per heavy atom. The Morgan fingerprint density at radius 1 is 1.00 bits per heavy atom. The number of aryl methyl sites for hydroxylation is 1. The summed E-state index contributed by atoms with van der Waals surface area (Å²) in [6.07, 6.45) is 1.22. The molecule has 3 aromatic rings. The van der Waals surface area contributed by atoms with Crippen LogP contribution in [0.4, 0.5) is 0 Å². The molecule has 1 saturated heterocycles. The van der Waals surface area contributed by atoms with Gasteiger partial charge in [-0.1, -0.05) is 6.07 Å². The number of carbonyl (C=O) groups excluding carboxylic acids is 1. The maximum atomic E-state index is 12.4. The second-order valence-electron chi connectivity index (χ2n) is 7.05. The van der Waals surface area contributed by atoms with Crippen LogP contribution in [0.3, 0.4) is 0 Å². The molecule has 0 radical (unpaired) electrons. The van der Waals surface area contributed by atoms with Gasteiger partial charge in [-0.3, -0.25) is 4.79 Å². The van der Waals surface area contributed by atoms with Crippen LogP contribution >= 0.6 is 0 Å². The van der Waals surface area contributed by atoms with E-state index >= 15 is 0 Å². The Morgan fingerprint density at radius 3 is 2.55 bits per heavy atom. The van der Waals surface area contributed by atoms with Crippen LogP contribution in [0.5, 0.6) is 11.5 Å². The molecule has 0 unspecified atom stereocenters. The average Bonchev–Trinajstić information content (AvgIpc) is 3.21. The van der Waals surface area contributed by atoms with Gasteiger partial charge in [0, 0.05) is 30.5 Å². The summed E-state index contributed by atoms with van der Waals surface area (Å²) in [5.41, 5.74) is 2.86. The Balaban J connectivity index is 1.49. The minimum atomic E-state index is 0.187. The number of ether oxygens (including phenoxy) is 3. The van der Waals surface area contributed by atoms with E-state index in [1.807, 2.05) is 41.3 Å². The number of methoxy groups -OCH3 is 2. The van der Waals surface area contributed by atoms with E-state index in [4.69, 9.17) is 18.6 Å². The second-order valence-corrected chi connectivity index (χ2v) is 7.05. The Labute approximate surface area is 170 Å². The van der Waals surface area contributed by atoms with Gasteiger partial charge in [0.05, 0.1) is 27.4 Å². The number of amides is 1. The quantitative estimate of drug-likeness (QED) is 0.633. The van der Waals surface area contributed by atoms with Crippen LogP contribution < -0.4 is 9.47 Å². The first-order chi connectivity index (χ1) is 14.2. The van der Waals surface area contributed by atoms with E-state index in [-0.39, 0.29) is 5.91 Å². The van der Waals surface area contributed by atoms with Gasteiger partial charge >= 0.3 is 0 Å². The molecule has 6 heteroatoms. The fourth-order valence-corrected chi connectivity index (χ4v) is 3.60. The predicted molar refractivity (Wildman–Crippen MR) is 110 cm³/mol. The summed E-state index contributed by atoms with van der Waals surface area (Å²) in [7, 11) is 3.23. The molecule has 2 aromatic carbocycles. The van der Waals surface area contributed by atoms with Gasteiger partial charge in [-0.2, -0.15) is 0 Å². The molecule has 0 aliphatic carbocycles. The average molecular weight is 395 g/mol. The highest BCUT2D eigenvalue weighted by molar-refractivity contribution is 5.84. The van der Waals surface area contributed by atoms with Gasteiger partial charge in [0.25, 0.3) is 0 Å². The van der Waals surface area contributed by atoms with Crippen molar-refractivity contribution in [3.8, 4) is 22.8 Å². The van der Waals surface area contributed by atoms with Crippen LogP contribution in [-0.2, 0) is 16.0 Å². The normalized spacial score (nSPS) is 14.2. The smallest absolute Gasteiger partial charge is 0.223 e. The molecule has 152 valence electrons. The van der Waals surface area contributed by atoms with E-state index in [1.54, 1.807) is 14.2 Å². The van der Waals surface area contributed by atoms with Crippen molar-refractivity contribution in [3.63, 3.8) is 0 Å². The SMILES string of the molecule is COc1ccc(-c2cc3cc(CCC(=O)N4CCOCC4)ccc3o2)cc1OC. The molecule has 1 fully saturated rings. The molecule has 29 heavy (non-hydrogen) atoms. The molecule has 0 spiro atoms. The van der Waals surface area contributed by atoms with Gasteiger partial charge in [0.15, 0.2) is 11.5 Å². The van der Waals surface area contributed by atoms with E-state index in [0.29, 0.717) is 50.6 Å². The van der Waals surface area contributed by atoms with E-state index in [2.05, 4.69) is 6.07 Å². The van der Waals surface area contributed by atoms with Crippen molar-refractivity contribution < 1.29 is 23.4 Å². The van der Waals surface area contributed by atoms with E-state index in [1.165, 1.54) is 0 Å². The molecule has 0 N–H and O–H groups in total. The molecule has 1 aliphatic rings. The number of hydrogen-bond donors (Lipinski definition) is 0. The predicted octanol–water partition coefficient (Wildman–Crippen LogP) is 3.91. The summed E-state index contributed by atoms with van der Waals surface area (Å²) in [5, 5.41) is 1.02. The number of nitrogens with zero attached hydrogens (tertiary/aromatic N) is 1. The summed E-state index contributed by atoms with van der Waals surface area (Å²) >= 11 is 0. The van der Waals surface area contributed by atoms with Crippen molar-refractivity contribution >= 4 is 16.9 Å². The van der Waals surface area contributed by atoms with E-state index in [9.17, 15) is 4.79 Å². The summed E-state index contributed by atoms with van der Waals surface area (Å²) in [6.45, 7) is 2.64. The number of morpholine rings is 1. The number of rotatable bonds is 6. The Hall–Kier alpha value is -2.99. The maximum absolute atomic E-state index is 12.4. The summed E-state index contributed by atoms with van der Waals surface area (Å²) in [6, 6.07) is 13.8. The topological polar surface area (TPSA) is 61.1 Å². The van der Waals surface area contributed by atoms with Gasteiger partial charge < -0.3 is 23.5 Å². The molecule has 0 bridgehead atoms. The summed E-state index contributed by atoms with van der Waals surface area (Å²) in [4.78, 5) is 14.3. The lowest BCUT2D eigenvalue weighted by atomic mass is 10.1. The molecule has 6 nitrogen and oxygen atoms in total. The molecule has 0 atom stereocenters. The molecule has 0 saturated carbocycles. The standard InChI is InChI=1S/C23H25NO5/c1-26-20-7-5-17(14-22(20)27-2)21-15-18-13-16(3-6-19(18)29-21)4-8-23(25)24-9-11-28-12-10-24/h3,5-7,13-15H,4,8-12H2,1-2H3. The number of benzene rings is 2. The third-order valence-electron chi connectivity index (χ3n) is 5.24. The largest absolute Gasteiger partial charge is 0.493 e. The zero-order valence-electron chi connectivity index (χ0n) is 16.8. The third kappa shape index (κ3) is 4.22. The zero-order chi connectivity index (χ0) is 20.2. The first-order valence-electron chi connectivity index (χ1n) is 9.78. The van der Waals surface area contributed by atoms with Crippen LogP contribution in [0.1, 0.15) is 12.0 Å². The van der Waals surface area contributed by atoms with E-state index in [0.717, 1.165) is 27.9 Å². The lowest BCUT2D eigenvalue weighted by Gasteiger charge is -2.26. The van der Waals surface area contributed by atoms with Gasteiger partial charge in [-0.15, -0.1) is 0 Å². The minimum Gasteiger partial charge on any atom is -0.493 e. The molecule has 1 aliphatic heterocycles. The van der Waals surface area contributed by atoms with E-state index < -0.39 is 0 Å². The van der Waals surface area contributed by atoms with Crippen molar-refractivity contribution in [2.24, 2.45) is 0 Å². The Bertz CT molecular complexity index is 1000. The van der Waals surface area contributed by atoms with Crippen LogP contribution in [0.2, 0.25) is 0 Å². The highest BCUT2D eigenvalue weighted by Gasteiger charge is 2.17. The van der Waals surface area contributed by atoms with Crippen molar-refractivity contribution in [2.45, 2.75) is 12.8 Å². The summed E-state index contributed by atoms with van der Waals surface area (Å²) < 4.78 is 22.0. The third-order valence-corrected chi connectivity index (χ3v) is 5.24. The number of fused-ring (bicyclic) bond motifs is 1. The van der Waals surface area contributed by atoms with Crippen LogP contribution in [0.15, 0.2) is 46.9 Å². The lowest BCUT2D eigenvalue weighted by Crippen LogP contribution is -2.40. The number of carbonyl (C=O) groups is 1. The van der Waals surface area contributed by atoms with Crippen molar-refractivity contribution in [1.82, 2.24) is 4.90 Å². The fraction of sp³-hybridized carbons (Fsp3) is 0.348. The fourth-order valence-electron chi connectivity index (χ4n) is 3.60. The van der Waals surface area contributed by atoms with Crippen molar-refractivity contribution in [2.75, 3.05) is 40.5 Å². The lowest BCUT2D eigenvalue weighted by molar-refractivity contribution is -0.135. The van der Waals surface area contributed by atoms with Gasteiger partial charge in [0.1, 0.15) is 11.3 Å². The van der Waals surface area contributed by atoms with Crippen molar-refractivity contribution in [1.29, 1.82) is 0 Å². The zero-order valence-corrected chi connectivity index (χ0v) is 16.8. The van der Waals surface area contributed by atoms with Gasteiger partial charge in [-0.05, 0) is 48.4 Å². The Kier molecular flexibility index (Phi) is 5.71. The first-order valence-corrected chi connectivity index (χ1v) is 9.78. The highest BCUT2D eigenvalue weighted by Crippen LogP contribution is 2.35. The van der Waals surface area contributed by atoms with Crippen LogP contribution in [-0.4, -0.2) is 51.3 Å². The van der Waals surface area contributed by atoms with Gasteiger partial charge in [-0.25, -0.2) is 0 Å². The highest BCUT2D eigenvalue weighted by atomic mass is 16.5. The molecular weight excluding hydrogens is 370 g/mol. The summed E-state index contributed by atoms with van der Waals surface area (Å²) in [5.74, 6) is 2.29. The second kappa shape index (κ2) is 8.57. The molecule has 4 rings (SSSR count). The molecule has 2 heterocycles. The number of furan rings is 1. The minimum absolute atomic E-state index is 0.187. The maximum Gasteiger partial charge on any atom is 0.223 e. The van der Waals surface area contributed by atoms with Crippen molar-refractivity contribution in [3.05, 3.63) is 48.0 Å². The van der Waals surface area contributed by atoms with Gasteiger partial charge in [0.2, 0.25) is 5.91 Å². The monoisotopic (exact) mass is 395 g/mol. The molecular formula is C23H25NO5. The molecule has 1 amide bonds. The number of hydrogen-bond acceptors (Lipinski definition) is 5. The molecule has 1 aromatic heterocycles. The van der Waals surface area contributed by atoms with Crippen LogP contribution in [0, 0.1) is 0 Å².